The molecule has 108 valence electrons. The van der Waals surface area contributed by atoms with Crippen LogP contribution in [0, 0.1) is 0 Å². The molecular weight excluding hydrogens is 277 g/mol. The summed E-state index contributed by atoms with van der Waals surface area (Å²) in [7, 11) is 0. The second-order valence-corrected chi connectivity index (χ2v) is 4.49. The Balaban J connectivity index is 2.42. The summed E-state index contributed by atoms with van der Waals surface area (Å²) >= 11 is 0. The first-order chi connectivity index (χ1) is 9.15. The minimum atomic E-state index is -5.04. The fraction of sp³-hybridized carbons (Fsp3) is 0.333. The van der Waals surface area contributed by atoms with E-state index in [1.54, 1.807) is 0 Å². The predicted octanol–water partition coefficient (Wildman–Crippen LogP) is 1.86. The average molecular weight is 288 g/mol. The van der Waals surface area contributed by atoms with E-state index in [-0.39, 0.29) is 22.0 Å². The van der Waals surface area contributed by atoms with Crippen LogP contribution in [0.15, 0.2) is 29.4 Å². The van der Waals surface area contributed by atoms with E-state index < -0.39 is 24.2 Å². The molecule has 5 nitrogen and oxygen atoms in total. The van der Waals surface area contributed by atoms with E-state index in [0.717, 1.165) is 6.07 Å². The van der Waals surface area contributed by atoms with Crippen LogP contribution in [-0.2, 0) is 0 Å². The summed E-state index contributed by atoms with van der Waals surface area (Å²) in [5.41, 5.74) is -3.58. The Kier molecular flexibility index (Phi) is 3.21. The average Bonchev–Trinajstić information content (AvgIpc) is 2.64. The van der Waals surface area contributed by atoms with E-state index in [1.807, 2.05) is 0 Å². The number of aromatic hydroxyl groups is 1. The van der Waals surface area contributed by atoms with Gasteiger partial charge in [0.1, 0.15) is 5.75 Å². The van der Waals surface area contributed by atoms with Crippen molar-refractivity contribution in [2.75, 3.05) is 0 Å². The molecule has 8 heteroatoms. The molecule has 1 atom stereocenters. The lowest BCUT2D eigenvalue weighted by atomic mass is 10.1. The molecule has 2 rings (SSSR count). The summed E-state index contributed by atoms with van der Waals surface area (Å²) in [6, 6.07) is 4.80. The summed E-state index contributed by atoms with van der Waals surface area (Å²) < 4.78 is 38.9. The quantitative estimate of drug-likeness (QED) is 0.828. The number of halogens is 3. The molecule has 1 aliphatic heterocycles. The zero-order valence-electron chi connectivity index (χ0n) is 10.3. The molecule has 2 N–H and O–H groups in total. The molecule has 0 fully saturated rings. The number of phenols is 1. The number of carbonyl (C=O) groups is 1. The van der Waals surface area contributed by atoms with Gasteiger partial charge in [0.25, 0.3) is 11.6 Å². The lowest BCUT2D eigenvalue weighted by Crippen LogP contribution is -2.56. The molecule has 1 heterocycles. The smallest absolute Gasteiger partial charge is 0.438 e. The monoisotopic (exact) mass is 288 g/mol. The maximum atomic E-state index is 13.0. The van der Waals surface area contributed by atoms with E-state index >= 15 is 0 Å². The fourth-order valence-corrected chi connectivity index (χ4v) is 1.92. The maximum Gasteiger partial charge on any atom is 0.438 e. The van der Waals surface area contributed by atoms with Gasteiger partial charge < -0.3 is 10.2 Å². The van der Waals surface area contributed by atoms with Crippen LogP contribution in [0.5, 0.6) is 5.75 Å². The summed E-state index contributed by atoms with van der Waals surface area (Å²) in [5, 5.41) is 22.5. The van der Waals surface area contributed by atoms with Crippen LogP contribution in [0.2, 0.25) is 0 Å². The number of alkyl halides is 3. The molecule has 0 aromatic heterocycles. The minimum absolute atomic E-state index is 0.0110. The number of aliphatic hydroxyl groups is 1. The molecule has 0 spiro atoms. The topological polar surface area (TPSA) is 73.1 Å². The Labute approximate surface area is 111 Å². The zero-order chi connectivity index (χ0) is 15.1. The number of hydrogen-bond acceptors (Lipinski definition) is 4. The van der Waals surface area contributed by atoms with E-state index in [9.17, 15) is 28.2 Å². The van der Waals surface area contributed by atoms with Crippen molar-refractivity contribution in [3.63, 3.8) is 0 Å². The molecule has 1 aromatic rings. The number of amides is 1. The molecule has 20 heavy (non-hydrogen) atoms. The number of hydrogen-bond donors (Lipinski definition) is 2. The van der Waals surface area contributed by atoms with E-state index in [2.05, 4.69) is 5.10 Å². The van der Waals surface area contributed by atoms with Gasteiger partial charge in [-0.05, 0) is 25.1 Å². The molecule has 0 saturated carbocycles. The highest BCUT2D eigenvalue weighted by Gasteiger charge is 2.62. The first kappa shape index (κ1) is 14.3. The van der Waals surface area contributed by atoms with Gasteiger partial charge in [0.2, 0.25) is 0 Å². The van der Waals surface area contributed by atoms with Gasteiger partial charge in [-0.25, -0.2) is 0 Å². The third kappa shape index (κ3) is 2.22. The van der Waals surface area contributed by atoms with Crippen LogP contribution in [0.4, 0.5) is 13.2 Å². The molecule has 0 aliphatic carbocycles. The van der Waals surface area contributed by atoms with E-state index in [4.69, 9.17) is 0 Å². The Hall–Kier alpha value is -2.09. The lowest BCUT2D eigenvalue weighted by molar-refractivity contribution is -0.297. The highest BCUT2D eigenvalue weighted by molar-refractivity contribution is 5.98. The normalized spacial score (nSPS) is 22.9. The first-order valence-electron chi connectivity index (χ1n) is 5.62. The third-order valence-corrected chi connectivity index (χ3v) is 2.86. The summed E-state index contributed by atoms with van der Waals surface area (Å²) in [6.07, 6.45) is -5.85. The number of hydrazone groups is 1. The molecule has 0 bridgehead atoms. The molecule has 1 aliphatic rings. The summed E-state index contributed by atoms with van der Waals surface area (Å²) in [5.74, 6) is -1.41. The molecule has 0 radical (unpaired) electrons. The van der Waals surface area contributed by atoms with Crippen molar-refractivity contribution < 1.29 is 28.2 Å². The van der Waals surface area contributed by atoms with Gasteiger partial charge in [-0.15, -0.1) is 0 Å². The van der Waals surface area contributed by atoms with Crippen LogP contribution in [0.25, 0.3) is 0 Å². The van der Waals surface area contributed by atoms with E-state index in [1.165, 1.54) is 25.1 Å². The van der Waals surface area contributed by atoms with Gasteiger partial charge in [0.15, 0.2) is 0 Å². The van der Waals surface area contributed by atoms with Crippen molar-refractivity contribution in [1.82, 2.24) is 5.01 Å². The summed E-state index contributed by atoms with van der Waals surface area (Å²) in [4.78, 5) is 12.1. The Bertz CT molecular complexity index is 586. The third-order valence-electron chi connectivity index (χ3n) is 2.86. The van der Waals surface area contributed by atoms with Gasteiger partial charge >= 0.3 is 6.18 Å². The first-order valence-corrected chi connectivity index (χ1v) is 5.62. The summed E-state index contributed by atoms with van der Waals surface area (Å²) in [6.45, 7) is 1.28. The van der Waals surface area contributed by atoms with Crippen LogP contribution >= 0.6 is 0 Å². The zero-order valence-corrected chi connectivity index (χ0v) is 10.3. The standard InChI is InChI=1S/C12H11F3N2O3/c1-7-6-11(20,12(13,14)15)17(16-7)10(19)8-3-2-4-9(18)5-8/h2-5,18,20H,6H2,1H3/t11-/m1/s1. The number of rotatable bonds is 1. The Morgan fingerprint density at radius 1 is 1.45 bits per heavy atom. The fourth-order valence-electron chi connectivity index (χ4n) is 1.92. The van der Waals surface area contributed by atoms with E-state index in [0.29, 0.717) is 0 Å². The van der Waals surface area contributed by atoms with Gasteiger partial charge in [0, 0.05) is 17.7 Å². The van der Waals surface area contributed by atoms with Crippen molar-refractivity contribution in [3.8, 4) is 5.75 Å². The SMILES string of the molecule is CC1=NN(C(=O)c2cccc(O)c2)[C@](O)(C(F)(F)F)C1. The van der Waals surface area contributed by atoms with Gasteiger partial charge in [0.05, 0.1) is 0 Å². The second-order valence-electron chi connectivity index (χ2n) is 4.49. The number of carbonyl (C=O) groups excluding carboxylic acids is 1. The Morgan fingerprint density at radius 2 is 2.10 bits per heavy atom. The maximum absolute atomic E-state index is 13.0. The highest BCUT2D eigenvalue weighted by atomic mass is 19.4. The molecule has 1 aromatic carbocycles. The van der Waals surface area contributed by atoms with Crippen LogP contribution in [-0.4, -0.2) is 38.7 Å². The highest BCUT2D eigenvalue weighted by Crippen LogP contribution is 2.40. The van der Waals surface area contributed by atoms with Crippen molar-refractivity contribution in [2.24, 2.45) is 5.10 Å². The molecule has 0 saturated heterocycles. The van der Waals surface area contributed by atoms with Gasteiger partial charge in [-0.1, -0.05) is 6.07 Å². The van der Waals surface area contributed by atoms with Crippen molar-refractivity contribution in [2.45, 2.75) is 25.2 Å². The van der Waals surface area contributed by atoms with Crippen LogP contribution in [0.1, 0.15) is 23.7 Å². The predicted molar refractivity (Wildman–Crippen MR) is 63.0 cm³/mol. The molecular formula is C12H11F3N2O3. The van der Waals surface area contributed by atoms with Crippen molar-refractivity contribution >= 4 is 11.6 Å². The van der Waals surface area contributed by atoms with Gasteiger partial charge in [-0.3, -0.25) is 4.79 Å². The lowest BCUT2D eigenvalue weighted by Gasteiger charge is -2.32. The van der Waals surface area contributed by atoms with Crippen LogP contribution in [0.3, 0.4) is 0 Å². The largest absolute Gasteiger partial charge is 0.508 e. The number of benzene rings is 1. The molecule has 1 amide bonds. The van der Waals surface area contributed by atoms with Crippen molar-refractivity contribution in [1.29, 1.82) is 0 Å². The minimum Gasteiger partial charge on any atom is -0.508 e. The number of nitrogens with zero attached hydrogens (tertiary/aromatic N) is 2. The van der Waals surface area contributed by atoms with Crippen LogP contribution < -0.4 is 0 Å². The van der Waals surface area contributed by atoms with Gasteiger partial charge in [-0.2, -0.15) is 23.3 Å². The second kappa shape index (κ2) is 4.48. The Morgan fingerprint density at radius 3 is 2.65 bits per heavy atom. The van der Waals surface area contributed by atoms with Crippen molar-refractivity contribution in [3.05, 3.63) is 29.8 Å². The number of phenolic OH excluding ortho intramolecular Hbond substituents is 1. The molecule has 0 unspecified atom stereocenters.